The Labute approximate surface area is 142 Å². The summed E-state index contributed by atoms with van der Waals surface area (Å²) in [6.07, 6.45) is 5.41. The molecule has 0 amide bonds. The van der Waals surface area contributed by atoms with Crippen molar-refractivity contribution in [2.45, 2.75) is 37.2 Å². The molecule has 0 saturated carbocycles. The van der Waals surface area contributed by atoms with Gasteiger partial charge < -0.3 is 4.74 Å². The number of sulfonamides is 1. The highest BCUT2D eigenvalue weighted by atomic mass is 32.2. The van der Waals surface area contributed by atoms with E-state index in [1.54, 1.807) is 30.6 Å². The molecule has 24 heavy (non-hydrogen) atoms. The fourth-order valence-corrected chi connectivity index (χ4v) is 4.27. The first kappa shape index (κ1) is 16.9. The molecule has 1 aliphatic rings. The van der Waals surface area contributed by atoms with Gasteiger partial charge in [-0.25, -0.2) is 18.4 Å². The third-order valence-corrected chi connectivity index (χ3v) is 6.00. The van der Waals surface area contributed by atoms with Crippen molar-refractivity contribution in [3.05, 3.63) is 48.3 Å². The first-order valence-electron chi connectivity index (χ1n) is 8.12. The third kappa shape index (κ3) is 3.73. The molecule has 6 nitrogen and oxygen atoms in total. The van der Waals surface area contributed by atoms with Crippen molar-refractivity contribution in [1.82, 2.24) is 14.3 Å². The van der Waals surface area contributed by atoms with Gasteiger partial charge in [-0.1, -0.05) is 19.1 Å². The van der Waals surface area contributed by atoms with E-state index < -0.39 is 10.0 Å². The lowest BCUT2D eigenvalue weighted by Gasteiger charge is -2.31. The zero-order valence-electron chi connectivity index (χ0n) is 13.6. The Bertz CT molecular complexity index is 763. The van der Waals surface area contributed by atoms with E-state index in [1.165, 1.54) is 4.31 Å². The lowest BCUT2D eigenvalue weighted by molar-refractivity contribution is 0.119. The summed E-state index contributed by atoms with van der Waals surface area (Å²) in [4.78, 5) is 8.40. The predicted octanol–water partition coefficient (Wildman–Crippen LogP) is 2.27. The van der Waals surface area contributed by atoms with E-state index in [0.29, 0.717) is 18.0 Å². The number of hydrogen-bond donors (Lipinski definition) is 0. The highest BCUT2D eigenvalue weighted by Crippen LogP contribution is 2.23. The zero-order chi connectivity index (χ0) is 17.0. The summed E-state index contributed by atoms with van der Waals surface area (Å²) in [6.45, 7) is 2.87. The van der Waals surface area contributed by atoms with Gasteiger partial charge in [0.15, 0.2) is 0 Å². The van der Waals surface area contributed by atoms with Crippen LogP contribution in [0.4, 0.5) is 0 Å². The molecule has 7 heteroatoms. The van der Waals surface area contributed by atoms with Crippen molar-refractivity contribution in [1.29, 1.82) is 0 Å². The van der Waals surface area contributed by atoms with Crippen molar-refractivity contribution in [2.24, 2.45) is 0 Å². The highest BCUT2D eigenvalue weighted by molar-refractivity contribution is 7.89. The maximum Gasteiger partial charge on any atom is 0.316 e. The molecule has 0 radical (unpaired) electrons. The second kappa shape index (κ2) is 7.27. The van der Waals surface area contributed by atoms with Gasteiger partial charge in [0.05, 0.1) is 11.4 Å². The molecule has 1 aliphatic heterocycles. The fraction of sp³-hybridized carbons (Fsp3) is 0.412. The molecule has 0 N–H and O–H groups in total. The van der Waals surface area contributed by atoms with E-state index in [-0.39, 0.29) is 12.1 Å². The number of nitrogens with zero attached hydrogens (tertiary/aromatic N) is 3. The van der Waals surface area contributed by atoms with Crippen molar-refractivity contribution in [3.8, 4) is 6.01 Å². The Morgan fingerprint density at radius 1 is 1.21 bits per heavy atom. The maximum absolute atomic E-state index is 12.8. The standard InChI is InChI=1S/C17H21N3O3S/c1-2-14-6-8-16(9-7-14)24(21,22)20-12-3-5-15(13-20)23-17-18-10-4-11-19-17/h4,6-11,15H,2-3,5,12-13H2,1H3. The number of hydrogen-bond acceptors (Lipinski definition) is 5. The molecule has 1 fully saturated rings. The van der Waals surface area contributed by atoms with Crippen LogP contribution in [0, 0.1) is 0 Å². The molecule has 0 aliphatic carbocycles. The van der Waals surface area contributed by atoms with E-state index in [4.69, 9.17) is 4.74 Å². The van der Waals surface area contributed by atoms with Gasteiger partial charge in [-0.05, 0) is 43.0 Å². The van der Waals surface area contributed by atoms with Gasteiger partial charge in [-0.2, -0.15) is 4.31 Å². The summed E-state index contributed by atoms with van der Waals surface area (Å²) in [5.74, 6) is 0. The Morgan fingerprint density at radius 3 is 2.58 bits per heavy atom. The van der Waals surface area contributed by atoms with Crippen LogP contribution in [-0.4, -0.2) is 41.9 Å². The molecule has 0 bridgehead atoms. The SMILES string of the molecule is CCc1ccc(S(=O)(=O)N2CCCC(Oc3ncccn3)C2)cc1. The van der Waals surface area contributed by atoms with Gasteiger partial charge in [-0.3, -0.25) is 0 Å². The minimum atomic E-state index is -3.50. The van der Waals surface area contributed by atoms with Crippen LogP contribution in [0.25, 0.3) is 0 Å². The Hall–Kier alpha value is -1.99. The van der Waals surface area contributed by atoms with Crippen LogP contribution in [0.1, 0.15) is 25.3 Å². The van der Waals surface area contributed by atoms with Crippen molar-refractivity contribution < 1.29 is 13.2 Å². The topological polar surface area (TPSA) is 72.4 Å². The van der Waals surface area contributed by atoms with Gasteiger partial charge in [0.1, 0.15) is 6.10 Å². The Kier molecular flexibility index (Phi) is 5.11. The minimum absolute atomic E-state index is 0.231. The molecule has 1 atom stereocenters. The van der Waals surface area contributed by atoms with Crippen molar-refractivity contribution >= 4 is 10.0 Å². The van der Waals surface area contributed by atoms with E-state index >= 15 is 0 Å². The molecule has 1 unspecified atom stereocenters. The third-order valence-electron chi connectivity index (χ3n) is 4.12. The molecule has 3 rings (SSSR count). The van der Waals surface area contributed by atoms with E-state index in [2.05, 4.69) is 9.97 Å². The normalized spacial score (nSPS) is 19.1. The van der Waals surface area contributed by atoms with Crippen LogP contribution in [0.2, 0.25) is 0 Å². The van der Waals surface area contributed by atoms with Crippen LogP contribution >= 0.6 is 0 Å². The van der Waals surface area contributed by atoms with Crippen molar-refractivity contribution in [2.75, 3.05) is 13.1 Å². The molecule has 2 aromatic rings. The molecule has 1 aromatic heterocycles. The smallest absolute Gasteiger partial charge is 0.316 e. The number of piperidine rings is 1. The van der Waals surface area contributed by atoms with Crippen LogP contribution < -0.4 is 4.74 Å². The van der Waals surface area contributed by atoms with Crippen molar-refractivity contribution in [3.63, 3.8) is 0 Å². The summed E-state index contributed by atoms with van der Waals surface area (Å²) in [5, 5.41) is 0. The minimum Gasteiger partial charge on any atom is -0.459 e. The fourth-order valence-electron chi connectivity index (χ4n) is 2.76. The summed E-state index contributed by atoms with van der Waals surface area (Å²) in [6, 6.07) is 9.09. The number of ether oxygens (including phenoxy) is 1. The molecular formula is C17H21N3O3S. The van der Waals surface area contributed by atoms with E-state index in [1.807, 2.05) is 19.1 Å². The monoisotopic (exact) mass is 347 g/mol. The summed E-state index contributed by atoms with van der Waals surface area (Å²) in [7, 11) is -3.50. The molecule has 128 valence electrons. The quantitative estimate of drug-likeness (QED) is 0.830. The lowest BCUT2D eigenvalue weighted by Crippen LogP contribution is -2.44. The summed E-state index contributed by atoms with van der Waals surface area (Å²) < 4.78 is 32.9. The molecule has 1 aromatic carbocycles. The average molecular weight is 347 g/mol. The Balaban J connectivity index is 1.73. The number of aryl methyl sites for hydroxylation is 1. The zero-order valence-corrected chi connectivity index (χ0v) is 14.4. The molecule has 0 spiro atoms. The maximum atomic E-state index is 12.8. The van der Waals surface area contributed by atoms with E-state index in [0.717, 1.165) is 24.8 Å². The molecule has 2 heterocycles. The predicted molar refractivity (Wildman–Crippen MR) is 90.3 cm³/mol. The van der Waals surface area contributed by atoms with Crippen LogP contribution in [0.15, 0.2) is 47.6 Å². The number of rotatable bonds is 5. The second-order valence-corrected chi connectivity index (χ2v) is 7.71. The summed E-state index contributed by atoms with van der Waals surface area (Å²) in [5.41, 5.74) is 1.12. The van der Waals surface area contributed by atoms with Gasteiger partial charge in [0, 0.05) is 18.9 Å². The van der Waals surface area contributed by atoms with Crippen LogP contribution in [0.5, 0.6) is 6.01 Å². The first-order chi connectivity index (χ1) is 11.6. The highest BCUT2D eigenvalue weighted by Gasteiger charge is 2.31. The van der Waals surface area contributed by atoms with Crippen LogP contribution in [0.3, 0.4) is 0 Å². The largest absolute Gasteiger partial charge is 0.459 e. The average Bonchev–Trinajstić information content (AvgIpc) is 2.63. The number of benzene rings is 1. The second-order valence-electron chi connectivity index (χ2n) is 5.77. The van der Waals surface area contributed by atoms with Gasteiger partial charge in [0.25, 0.3) is 0 Å². The molecule has 1 saturated heterocycles. The lowest BCUT2D eigenvalue weighted by atomic mass is 10.1. The first-order valence-corrected chi connectivity index (χ1v) is 9.56. The van der Waals surface area contributed by atoms with Gasteiger partial charge in [0.2, 0.25) is 10.0 Å². The summed E-state index contributed by atoms with van der Waals surface area (Å²) >= 11 is 0. The van der Waals surface area contributed by atoms with E-state index in [9.17, 15) is 8.42 Å². The van der Waals surface area contributed by atoms with Crippen LogP contribution in [-0.2, 0) is 16.4 Å². The van der Waals surface area contributed by atoms with Gasteiger partial charge >= 0.3 is 6.01 Å². The molecular weight excluding hydrogens is 326 g/mol. The number of aromatic nitrogens is 2. The van der Waals surface area contributed by atoms with Gasteiger partial charge in [-0.15, -0.1) is 0 Å². The Morgan fingerprint density at radius 2 is 1.92 bits per heavy atom.